The molecular weight excluding hydrogens is 443 g/mol. The van der Waals surface area contributed by atoms with Crippen LogP contribution < -0.4 is 18.7 Å². The third-order valence-electron chi connectivity index (χ3n) is 4.86. The Morgan fingerprint density at radius 3 is 2.32 bits per heavy atom. The number of carbonyl (C=O) groups excluding carboxylic acids is 1. The summed E-state index contributed by atoms with van der Waals surface area (Å²) in [6.07, 6.45) is 0. The van der Waals surface area contributed by atoms with Gasteiger partial charge < -0.3 is 9.47 Å². The summed E-state index contributed by atoms with van der Waals surface area (Å²) < 4.78 is 39.5. The van der Waals surface area contributed by atoms with Gasteiger partial charge in [0.15, 0.2) is 11.0 Å². The Bertz CT molecular complexity index is 1150. The molecule has 0 aliphatic carbocycles. The van der Waals surface area contributed by atoms with Crippen molar-refractivity contribution < 1.29 is 22.9 Å². The van der Waals surface area contributed by atoms with Gasteiger partial charge in [-0.15, -0.1) is 0 Å². The van der Waals surface area contributed by atoms with Gasteiger partial charge in [0.2, 0.25) is 0 Å². The number of benzene rings is 3. The van der Waals surface area contributed by atoms with Crippen molar-refractivity contribution in [1.29, 1.82) is 0 Å². The van der Waals surface area contributed by atoms with Gasteiger partial charge in [-0.25, -0.2) is 17.7 Å². The second kappa shape index (κ2) is 8.56. The van der Waals surface area contributed by atoms with E-state index in [0.717, 1.165) is 4.31 Å². The predicted molar refractivity (Wildman–Crippen MR) is 118 cm³/mol. The lowest BCUT2D eigenvalue weighted by atomic mass is 10.1. The van der Waals surface area contributed by atoms with Crippen molar-refractivity contribution in [3.63, 3.8) is 0 Å². The number of hydrogen-bond donors (Lipinski definition) is 0. The van der Waals surface area contributed by atoms with E-state index in [1.165, 1.54) is 31.3 Å². The number of amides is 2. The van der Waals surface area contributed by atoms with E-state index in [1.54, 1.807) is 48.5 Å². The first-order valence-electron chi connectivity index (χ1n) is 9.23. The number of carbonyl (C=O) groups is 1. The quantitative estimate of drug-likeness (QED) is 0.527. The molecule has 9 heteroatoms. The van der Waals surface area contributed by atoms with Crippen molar-refractivity contribution >= 4 is 40.0 Å². The molecule has 4 rings (SSSR count). The normalized spacial score (nSPS) is 15.6. The zero-order valence-electron chi connectivity index (χ0n) is 16.7. The Hall–Kier alpha value is -3.10. The molecule has 1 heterocycles. The summed E-state index contributed by atoms with van der Waals surface area (Å²) >= 11 is 6.20. The highest BCUT2D eigenvalue weighted by Gasteiger charge is 2.38. The van der Waals surface area contributed by atoms with Crippen LogP contribution in [0.1, 0.15) is 5.56 Å². The van der Waals surface area contributed by atoms with Crippen LogP contribution in [-0.2, 0) is 17.5 Å². The van der Waals surface area contributed by atoms with Gasteiger partial charge >= 0.3 is 6.03 Å². The van der Waals surface area contributed by atoms with Gasteiger partial charge in [0.25, 0.3) is 0 Å². The number of fused-ring (bicyclic) bond motifs is 1. The highest BCUT2D eigenvalue weighted by atomic mass is 35.5. The summed E-state index contributed by atoms with van der Waals surface area (Å²) in [6.45, 7) is -0.129. The van der Waals surface area contributed by atoms with E-state index in [9.17, 15) is 13.4 Å². The number of urea groups is 1. The summed E-state index contributed by atoms with van der Waals surface area (Å²) in [6, 6.07) is 15.3. The summed E-state index contributed by atoms with van der Waals surface area (Å²) in [7, 11) is 1.12. The molecule has 1 atom stereocenters. The fraction of sp³-hybridized carbons (Fsp3) is 0.136. The van der Waals surface area contributed by atoms with Crippen LogP contribution in [0.4, 0.5) is 20.6 Å². The third kappa shape index (κ3) is 3.84. The molecule has 0 saturated carbocycles. The van der Waals surface area contributed by atoms with Crippen LogP contribution in [0, 0.1) is 5.82 Å². The monoisotopic (exact) mass is 460 g/mol. The molecule has 6 nitrogen and oxygen atoms in total. The second-order valence-corrected chi connectivity index (χ2v) is 8.36. The van der Waals surface area contributed by atoms with Crippen LogP contribution in [0.2, 0.25) is 5.02 Å². The number of halogens is 2. The molecule has 31 heavy (non-hydrogen) atoms. The Morgan fingerprint density at radius 1 is 1.00 bits per heavy atom. The van der Waals surface area contributed by atoms with Crippen LogP contribution in [0.3, 0.4) is 0 Å². The van der Waals surface area contributed by atoms with Gasteiger partial charge in [-0.3, -0.25) is 4.90 Å². The minimum absolute atomic E-state index is 0.129. The fourth-order valence-electron chi connectivity index (χ4n) is 3.32. The SMILES string of the molecule is COc1cc(OC)cc(N2C(=O)N(Cc3c(F)cccc3Cl)c3ccccc3S2=O)c1. The molecule has 0 spiro atoms. The number of nitrogens with zero attached hydrogens (tertiary/aromatic N) is 2. The number of anilines is 2. The first-order valence-corrected chi connectivity index (χ1v) is 10.7. The second-order valence-electron chi connectivity index (χ2n) is 6.65. The maximum absolute atomic E-state index is 14.5. The molecule has 3 aromatic rings. The average molecular weight is 461 g/mol. The van der Waals surface area contributed by atoms with Gasteiger partial charge in [-0.05, 0) is 24.3 Å². The van der Waals surface area contributed by atoms with Crippen molar-refractivity contribution in [2.45, 2.75) is 11.4 Å². The van der Waals surface area contributed by atoms with Gasteiger partial charge in [0.05, 0.1) is 37.0 Å². The van der Waals surface area contributed by atoms with E-state index in [0.29, 0.717) is 27.8 Å². The molecule has 0 saturated heterocycles. The van der Waals surface area contributed by atoms with E-state index >= 15 is 0 Å². The highest BCUT2D eigenvalue weighted by Crippen LogP contribution is 2.39. The highest BCUT2D eigenvalue weighted by molar-refractivity contribution is 7.87. The number of rotatable bonds is 5. The van der Waals surface area contributed by atoms with Gasteiger partial charge in [0, 0.05) is 28.8 Å². The molecule has 2 amide bonds. The third-order valence-corrected chi connectivity index (χ3v) is 6.64. The van der Waals surface area contributed by atoms with Gasteiger partial charge in [-0.2, -0.15) is 0 Å². The van der Waals surface area contributed by atoms with Crippen LogP contribution in [0.15, 0.2) is 65.6 Å². The Balaban J connectivity index is 1.85. The number of ether oxygens (including phenoxy) is 2. The Labute approximate surface area is 186 Å². The van der Waals surface area contributed by atoms with Crippen LogP contribution in [0.5, 0.6) is 11.5 Å². The van der Waals surface area contributed by atoms with E-state index < -0.39 is 22.8 Å². The average Bonchev–Trinajstić information content (AvgIpc) is 2.78. The van der Waals surface area contributed by atoms with E-state index in [1.807, 2.05) is 0 Å². The smallest absolute Gasteiger partial charge is 0.341 e. The summed E-state index contributed by atoms with van der Waals surface area (Å²) in [4.78, 5) is 15.3. The fourth-order valence-corrected chi connectivity index (χ4v) is 4.83. The first kappa shape index (κ1) is 21.1. The topological polar surface area (TPSA) is 59.1 Å². The summed E-state index contributed by atoms with van der Waals surface area (Å²) in [5.41, 5.74) is 0.915. The molecule has 0 N–H and O–H groups in total. The standard InChI is InChI=1S/C22H18ClFN2O4S/c1-29-15-10-14(11-16(12-15)30-2)26-22(27)25(13-17-18(23)6-5-7-19(17)24)20-8-3-4-9-21(20)31(26)28/h3-12H,13H2,1-2H3. The van der Waals surface area contributed by atoms with Crippen molar-refractivity contribution in [3.05, 3.63) is 77.1 Å². The molecule has 160 valence electrons. The first-order chi connectivity index (χ1) is 14.9. The van der Waals surface area contributed by atoms with Crippen molar-refractivity contribution in [2.75, 3.05) is 23.4 Å². The number of hydrogen-bond acceptors (Lipinski definition) is 4. The summed E-state index contributed by atoms with van der Waals surface area (Å²) in [5, 5.41) is 0.201. The molecule has 0 fully saturated rings. The van der Waals surface area contributed by atoms with Crippen LogP contribution in [-0.4, -0.2) is 24.5 Å². The van der Waals surface area contributed by atoms with E-state index in [2.05, 4.69) is 0 Å². The zero-order valence-corrected chi connectivity index (χ0v) is 18.2. The molecule has 0 radical (unpaired) electrons. The molecule has 1 unspecified atom stereocenters. The van der Waals surface area contributed by atoms with E-state index in [4.69, 9.17) is 21.1 Å². The maximum Gasteiger partial charge on any atom is 0.341 e. The molecule has 0 bridgehead atoms. The predicted octanol–water partition coefficient (Wildman–Crippen LogP) is 5.17. The number of methoxy groups -OCH3 is 2. The summed E-state index contributed by atoms with van der Waals surface area (Å²) in [5.74, 6) is 0.336. The lowest BCUT2D eigenvalue weighted by molar-refractivity contribution is 0.253. The Morgan fingerprint density at radius 2 is 1.68 bits per heavy atom. The van der Waals surface area contributed by atoms with Crippen LogP contribution >= 0.6 is 11.6 Å². The largest absolute Gasteiger partial charge is 0.497 e. The van der Waals surface area contributed by atoms with Crippen molar-refractivity contribution in [3.8, 4) is 11.5 Å². The minimum atomic E-state index is -1.84. The molecule has 1 aliphatic heterocycles. The molecule has 0 aromatic heterocycles. The van der Waals surface area contributed by atoms with Crippen molar-refractivity contribution in [1.82, 2.24) is 0 Å². The zero-order chi connectivity index (χ0) is 22.1. The van der Waals surface area contributed by atoms with Crippen LogP contribution in [0.25, 0.3) is 0 Å². The van der Waals surface area contributed by atoms with E-state index in [-0.39, 0.29) is 17.1 Å². The molecular formula is C22H18ClFN2O4S. The van der Waals surface area contributed by atoms with Crippen molar-refractivity contribution in [2.24, 2.45) is 0 Å². The van der Waals surface area contributed by atoms with Gasteiger partial charge in [0.1, 0.15) is 17.3 Å². The lowest BCUT2D eigenvalue weighted by Gasteiger charge is -2.36. The Kier molecular flexibility index (Phi) is 5.84. The minimum Gasteiger partial charge on any atom is -0.497 e. The lowest BCUT2D eigenvalue weighted by Crippen LogP contribution is -2.48. The molecule has 3 aromatic carbocycles. The number of para-hydroxylation sites is 1. The maximum atomic E-state index is 14.5. The van der Waals surface area contributed by atoms with Gasteiger partial charge in [-0.1, -0.05) is 29.8 Å². The molecule has 1 aliphatic rings.